The van der Waals surface area contributed by atoms with Gasteiger partial charge in [-0.3, -0.25) is 4.90 Å². The first-order valence-electron chi connectivity index (χ1n) is 9.30. The highest BCUT2D eigenvalue weighted by atomic mass is 16.6. The zero-order valence-corrected chi connectivity index (χ0v) is 17.5. The predicted octanol–water partition coefficient (Wildman–Crippen LogP) is 2.50. The minimum absolute atomic E-state index is 0.0196. The van der Waals surface area contributed by atoms with Crippen LogP contribution in [0.15, 0.2) is 5.11 Å². The van der Waals surface area contributed by atoms with Crippen molar-refractivity contribution >= 4 is 19.2 Å². The molecular formula is C17H31BN4O6. The Kier molecular flexibility index (Phi) is 7.76. The first-order chi connectivity index (χ1) is 12.7. The number of amides is 1. The summed E-state index contributed by atoms with van der Waals surface area (Å²) in [6.07, 6.45) is 0.181. The lowest BCUT2D eigenvalue weighted by Crippen LogP contribution is -2.71. The van der Waals surface area contributed by atoms with Gasteiger partial charge in [0.1, 0.15) is 17.2 Å². The summed E-state index contributed by atoms with van der Waals surface area (Å²) in [4.78, 5) is 29.5. The van der Waals surface area contributed by atoms with Gasteiger partial charge < -0.3 is 19.5 Å². The van der Waals surface area contributed by atoms with Crippen molar-refractivity contribution in [2.24, 2.45) is 10.5 Å². The van der Waals surface area contributed by atoms with Gasteiger partial charge in [-0.1, -0.05) is 11.5 Å². The van der Waals surface area contributed by atoms with E-state index >= 15 is 0 Å². The molecule has 0 saturated carbocycles. The quantitative estimate of drug-likeness (QED) is 0.222. The van der Waals surface area contributed by atoms with E-state index in [1.165, 1.54) is 4.90 Å². The topological polar surface area (TPSA) is 145 Å². The molecule has 28 heavy (non-hydrogen) atoms. The van der Waals surface area contributed by atoms with Crippen LogP contribution in [0.5, 0.6) is 0 Å². The fraction of sp³-hybridized carbons (Fsp3) is 0.882. The van der Waals surface area contributed by atoms with Gasteiger partial charge in [0.2, 0.25) is 0 Å². The summed E-state index contributed by atoms with van der Waals surface area (Å²) in [5, 5.41) is 21.8. The fourth-order valence-corrected chi connectivity index (χ4v) is 3.20. The largest absolute Gasteiger partial charge is 0.458 e. The van der Waals surface area contributed by atoms with Crippen LogP contribution in [0.2, 0.25) is 6.32 Å². The third-order valence-electron chi connectivity index (χ3n) is 4.22. The van der Waals surface area contributed by atoms with Crippen LogP contribution in [0.4, 0.5) is 4.79 Å². The van der Waals surface area contributed by atoms with Crippen molar-refractivity contribution in [2.75, 3.05) is 13.1 Å². The molecule has 1 heterocycles. The highest BCUT2D eigenvalue weighted by molar-refractivity contribution is 6.40. The molecule has 0 aliphatic carbocycles. The Balaban J connectivity index is 3.14. The number of rotatable bonds is 7. The van der Waals surface area contributed by atoms with Crippen LogP contribution in [0.1, 0.15) is 54.4 Å². The number of nitrogens with zero attached hydrogens (tertiary/aromatic N) is 4. The number of azide groups is 1. The van der Waals surface area contributed by atoms with Gasteiger partial charge in [0.15, 0.2) is 0 Å². The standard InChI is InChI=1S/C17H31BN4O6/c1-15(2,3)27-13(23)12-17(10-20-21-19,8-7-9-18(25)26)11-22(12)14(24)28-16(4,5)6/h12,25-26H,7-11H2,1-6H3/t12-,17+/m1/s1. The van der Waals surface area contributed by atoms with E-state index in [9.17, 15) is 9.59 Å². The minimum Gasteiger partial charge on any atom is -0.458 e. The number of ether oxygens (including phenoxy) is 2. The van der Waals surface area contributed by atoms with Gasteiger partial charge in [-0.05, 0) is 59.8 Å². The Bertz CT molecular complexity index is 624. The van der Waals surface area contributed by atoms with Crippen molar-refractivity contribution < 1.29 is 29.1 Å². The minimum atomic E-state index is -1.47. The van der Waals surface area contributed by atoms with Crippen LogP contribution in [-0.4, -0.2) is 64.5 Å². The molecule has 0 aromatic carbocycles. The molecule has 1 rings (SSSR count). The molecule has 2 N–H and O–H groups in total. The van der Waals surface area contributed by atoms with E-state index in [4.69, 9.17) is 25.1 Å². The average Bonchev–Trinajstić information content (AvgIpc) is 2.44. The monoisotopic (exact) mass is 398 g/mol. The van der Waals surface area contributed by atoms with E-state index in [1.54, 1.807) is 41.5 Å². The third-order valence-corrected chi connectivity index (χ3v) is 4.22. The molecule has 1 saturated heterocycles. The van der Waals surface area contributed by atoms with Crippen molar-refractivity contribution in [3.63, 3.8) is 0 Å². The number of hydrogen-bond donors (Lipinski definition) is 2. The van der Waals surface area contributed by atoms with Gasteiger partial charge in [0.05, 0.1) is 0 Å². The second-order valence-electron chi connectivity index (χ2n) is 9.17. The Hall–Kier alpha value is -1.97. The van der Waals surface area contributed by atoms with E-state index in [1.807, 2.05) is 0 Å². The molecular weight excluding hydrogens is 367 g/mol. The number of hydrogen-bond acceptors (Lipinski definition) is 7. The molecule has 10 nitrogen and oxygen atoms in total. The molecule has 1 fully saturated rings. The maximum atomic E-state index is 12.9. The molecule has 1 aliphatic rings. The average molecular weight is 398 g/mol. The summed E-state index contributed by atoms with van der Waals surface area (Å²) in [6.45, 7) is 10.5. The summed E-state index contributed by atoms with van der Waals surface area (Å²) in [7, 11) is -1.47. The summed E-state index contributed by atoms with van der Waals surface area (Å²) >= 11 is 0. The molecule has 1 amide bonds. The number of carbonyl (C=O) groups is 2. The molecule has 1 aliphatic heterocycles. The number of carbonyl (C=O) groups excluding carboxylic acids is 2. The van der Waals surface area contributed by atoms with Crippen LogP contribution < -0.4 is 0 Å². The zero-order valence-electron chi connectivity index (χ0n) is 17.5. The predicted molar refractivity (Wildman–Crippen MR) is 103 cm³/mol. The normalized spacial score (nSPS) is 22.0. The fourth-order valence-electron chi connectivity index (χ4n) is 3.20. The molecule has 0 bridgehead atoms. The van der Waals surface area contributed by atoms with Gasteiger partial charge in [-0.2, -0.15) is 0 Å². The molecule has 0 aromatic rings. The Morgan fingerprint density at radius 1 is 1.21 bits per heavy atom. The number of esters is 1. The molecule has 2 atom stereocenters. The number of likely N-dealkylation sites (tertiary alicyclic amines) is 1. The van der Waals surface area contributed by atoms with Crippen LogP contribution in [0.25, 0.3) is 10.4 Å². The zero-order chi connectivity index (χ0) is 21.8. The van der Waals surface area contributed by atoms with Crippen molar-refractivity contribution in [2.45, 2.75) is 77.9 Å². The van der Waals surface area contributed by atoms with Gasteiger partial charge in [-0.25, -0.2) is 9.59 Å². The van der Waals surface area contributed by atoms with Crippen molar-refractivity contribution in [3.8, 4) is 0 Å². The van der Waals surface area contributed by atoms with Crippen molar-refractivity contribution in [1.82, 2.24) is 4.90 Å². The van der Waals surface area contributed by atoms with E-state index in [0.29, 0.717) is 12.8 Å². The lowest BCUT2D eigenvalue weighted by Gasteiger charge is -2.55. The van der Waals surface area contributed by atoms with Gasteiger partial charge in [0.25, 0.3) is 0 Å². The van der Waals surface area contributed by atoms with Crippen molar-refractivity contribution in [1.29, 1.82) is 0 Å². The molecule has 11 heteroatoms. The summed E-state index contributed by atoms with van der Waals surface area (Å²) in [6, 6.07) is -0.983. The summed E-state index contributed by atoms with van der Waals surface area (Å²) in [5.41, 5.74) is 6.41. The highest BCUT2D eigenvalue weighted by Gasteiger charge is 2.59. The maximum Gasteiger partial charge on any atom is 0.451 e. The molecule has 0 aromatic heterocycles. The second kappa shape index (κ2) is 9.02. The Morgan fingerprint density at radius 2 is 1.79 bits per heavy atom. The van der Waals surface area contributed by atoms with E-state index in [0.717, 1.165) is 0 Å². The first kappa shape index (κ1) is 24.1. The third kappa shape index (κ3) is 6.89. The van der Waals surface area contributed by atoms with Gasteiger partial charge >= 0.3 is 19.2 Å². The van der Waals surface area contributed by atoms with Crippen LogP contribution in [-0.2, 0) is 14.3 Å². The molecule has 0 unspecified atom stereocenters. The highest BCUT2D eigenvalue weighted by Crippen LogP contribution is 2.44. The van der Waals surface area contributed by atoms with E-state index in [2.05, 4.69) is 10.0 Å². The van der Waals surface area contributed by atoms with Crippen LogP contribution in [0, 0.1) is 5.41 Å². The van der Waals surface area contributed by atoms with E-state index in [-0.39, 0.29) is 19.4 Å². The lowest BCUT2D eigenvalue weighted by atomic mass is 9.66. The maximum absolute atomic E-state index is 12.9. The summed E-state index contributed by atoms with van der Waals surface area (Å²) in [5.74, 6) is -0.609. The second-order valence-corrected chi connectivity index (χ2v) is 9.17. The van der Waals surface area contributed by atoms with Crippen LogP contribution in [0.3, 0.4) is 0 Å². The molecule has 158 valence electrons. The van der Waals surface area contributed by atoms with Crippen molar-refractivity contribution in [3.05, 3.63) is 10.4 Å². The van der Waals surface area contributed by atoms with E-state index < -0.39 is 41.8 Å². The smallest absolute Gasteiger partial charge is 0.451 e. The Labute approximate surface area is 165 Å². The summed E-state index contributed by atoms with van der Waals surface area (Å²) < 4.78 is 10.9. The van der Waals surface area contributed by atoms with Gasteiger partial charge in [-0.15, -0.1) is 0 Å². The Morgan fingerprint density at radius 3 is 2.25 bits per heavy atom. The SMILES string of the molecule is CC(C)(C)OC(=O)[C@H]1N(C(=O)OC(C)(C)C)C[C@]1(CCCB(O)O)CN=[N+]=[N-]. The van der Waals surface area contributed by atoms with Gasteiger partial charge in [0, 0.05) is 23.4 Å². The molecule has 0 radical (unpaired) electrons. The first-order valence-corrected chi connectivity index (χ1v) is 9.30. The lowest BCUT2D eigenvalue weighted by molar-refractivity contribution is -0.180. The van der Waals surface area contributed by atoms with Crippen LogP contribution >= 0.6 is 0 Å². The molecule has 0 spiro atoms.